The van der Waals surface area contributed by atoms with Crippen molar-refractivity contribution in [3.8, 4) is 5.75 Å². The fraction of sp³-hybridized carbons (Fsp3) is 0.462. The van der Waals surface area contributed by atoms with E-state index in [1.54, 1.807) is 6.07 Å². The molecule has 1 aromatic carbocycles. The van der Waals surface area contributed by atoms with Gasteiger partial charge in [0.05, 0.1) is 0 Å². The van der Waals surface area contributed by atoms with Crippen LogP contribution in [0, 0.1) is 12.7 Å². The number of hydrogen-bond acceptors (Lipinski definition) is 3. The summed E-state index contributed by atoms with van der Waals surface area (Å²) >= 11 is 0. The van der Waals surface area contributed by atoms with Crippen LogP contribution < -0.4 is 15.8 Å². The monoisotopic (exact) mass is 252 g/mol. The van der Waals surface area contributed by atoms with E-state index in [0.29, 0.717) is 11.8 Å². The van der Waals surface area contributed by atoms with Crippen LogP contribution in [0.1, 0.15) is 18.4 Å². The Kier molecular flexibility index (Phi) is 3.81. The summed E-state index contributed by atoms with van der Waals surface area (Å²) in [6.07, 6.45) is 2.12. The quantitative estimate of drug-likeness (QED) is 0.797. The van der Waals surface area contributed by atoms with Crippen LogP contribution in [0.5, 0.6) is 5.75 Å². The number of carbonyl (C=O) groups is 1. The average molecular weight is 252 g/mol. The fourth-order valence-electron chi connectivity index (χ4n) is 1.65. The van der Waals surface area contributed by atoms with Gasteiger partial charge < -0.3 is 15.8 Å². The van der Waals surface area contributed by atoms with E-state index in [-0.39, 0.29) is 12.4 Å². The van der Waals surface area contributed by atoms with E-state index in [1.807, 2.05) is 6.92 Å². The fourth-order valence-corrected chi connectivity index (χ4v) is 1.65. The van der Waals surface area contributed by atoms with Gasteiger partial charge in [-0.25, -0.2) is 4.39 Å². The topological polar surface area (TPSA) is 64.3 Å². The molecule has 0 heterocycles. The molecule has 0 spiro atoms. The number of aryl methyl sites for hydroxylation is 1. The number of ether oxygens (including phenoxy) is 1. The van der Waals surface area contributed by atoms with Gasteiger partial charge in [0.2, 0.25) is 5.91 Å². The number of carbonyl (C=O) groups excluding carboxylic acids is 1. The average Bonchev–Trinajstić information content (AvgIpc) is 3.12. The molecule has 1 aliphatic rings. The highest BCUT2D eigenvalue weighted by atomic mass is 19.1. The minimum Gasteiger partial charge on any atom is -0.491 e. The molecule has 1 aliphatic carbocycles. The molecule has 3 N–H and O–H groups in total. The zero-order chi connectivity index (χ0) is 13.1. The third kappa shape index (κ3) is 3.43. The maximum absolute atomic E-state index is 13.1. The molecule has 4 nitrogen and oxygen atoms in total. The molecule has 1 fully saturated rings. The Balaban J connectivity index is 1.95. The molecule has 0 aromatic heterocycles. The van der Waals surface area contributed by atoms with Crippen molar-refractivity contribution < 1.29 is 13.9 Å². The first kappa shape index (κ1) is 12.8. The summed E-state index contributed by atoms with van der Waals surface area (Å²) in [5.74, 6) is -0.365. The van der Waals surface area contributed by atoms with Gasteiger partial charge >= 0.3 is 0 Å². The Labute approximate surface area is 105 Å². The second-order valence-corrected chi connectivity index (χ2v) is 4.62. The number of benzene rings is 1. The minimum absolute atomic E-state index is 0.121. The van der Waals surface area contributed by atoms with Gasteiger partial charge in [0.1, 0.15) is 24.2 Å². The summed E-state index contributed by atoms with van der Waals surface area (Å²) in [5.41, 5.74) is 6.11. The second kappa shape index (κ2) is 5.35. The van der Waals surface area contributed by atoms with Gasteiger partial charge in [-0.1, -0.05) is 6.07 Å². The SMILES string of the molecule is Cc1ccc(F)cc1OCC(NC1CC1)C(N)=O. The van der Waals surface area contributed by atoms with Crippen LogP contribution in [-0.4, -0.2) is 24.6 Å². The van der Waals surface area contributed by atoms with Gasteiger partial charge in [-0.15, -0.1) is 0 Å². The molecular formula is C13H17FN2O2. The molecule has 0 radical (unpaired) electrons. The molecule has 0 saturated heterocycles. The summed E-state index contributed by atoms with van der Waals surface area (Å²) in [5, 5.41) is 3.10. The van der Waals surface area contributed by atoms with Crippen molar-refractivity contribution in [2.24, 2.45) is 5.73 Å². The molecule has 18 heavy (non-hydrogen) atoms. The summed E-state index contributed by atoms with van der Waals surface area (Å²) in [6, 6.07) is 4.15. The molecule has 1 amide bonds. The van der Waals surface area contributed by atoms with Crippen molar-refractivity contribution in [2.75, 3.05) is 6.61 Å². The zero-order valence-electron chi connectivity index (χ0n) is 10.3. The number of hydrogen-bond donors (Lipinski definition) is 2. The normalized spacial score (nSPS) is 16.3. The lowest BCUT2D eigenvalue weighted by atomic mass is 10.2. The largest absolute Gasteiger partial charge is 0.491 e. The van der Waals surface area contributed by atoms with Crippen LogP contribution in [0.2, 0.25) is 0 Å². The highest BCUT2D eigenvalue weighted by molar-refractivity contribution is 5.80. The molecule has 1 aromatic rings. The Bertz CT molecular complexity index is 447. The Hall–Kier alpha value is -1.62. The van der Waals surface area contributed by atoms with Gasteiger partial charge in [-0.2, -0.15) is 0 Å². The molecule has 0 bridgehead atoms. The third-order valence-corrected chi connectivity index (χ3v) is 2.91. The van der Waals surface area contributed by atoms with Crippen LogP contribution in [-0.2, 0) is 4.79 Å². The molecule has 1 unspecified atom stereocenters. The molecule has 1 atom stereocenters. The lowest BCUT2D eigenvalue weighted by Crippen LogP contribution is -2.46. The van der Waals surface area contributed by atoms with E-state index in [0.717, 1.165) is 18.4 Å². The van der Waals surface area contributed by atoms with Gasteiger partial charge in [-0.3, -0.25) is 4.79 Å². The molecule has 1 saturated carbocycles. The van der Waals surface area contributed by atoms with Crippen LogP contribution >= 0.6 is 0 Å². The van der Waals surface area contributed by atoms with Crippen molar-refractivity contribution in [3.05, 3.63) is 29.6 Å². The number of nitrogens with one attached hydrogen (secondary N) is 1. The van der Waals surface area contributed by atoms with Crippen molar-refractivity contribution in [3.63, 3.8) is 0 Å². The van der Waals surface area contributed by atoms with E-state index in [1.165, 1.54) is 12.1 Å². The minimum atomic E-state index is -0.528. The van der Waals surface area contributed by atoms with E-state index < -0.39 is 11.9 Å². The van der Waals surface area contributed by atoms with E-state index in [9.17, 15) is 9.18 Å². The highest BCUT2D eigenvalue weighted by Gasteiger charge is 2.27. The highest BCUT2D eigenvalue weighted by Crippen LogP contribution is 2.21. The summed E-state index contributed by atoms with van der Waals surface area (Å²) in [7, 11) is 0. The lowest BCUT2D eigenvalue weighted by molar-refractivity contribution is -0.120. The van der Waals surface area contributed by atoms with E-state index >= 15 is 0 Å². The first-order valence-electron chi connectivity index (χ1n) is 6.00. The van der Waals surface area contributed by atoms with Crippen LogP contribution in [0.15, 0.2) is 18.2 Å². The van der Waals surface area contributed by atoms with Crippen LogP contribution in [0.3, 0.4) is 0 Å². The molecule has 2 rings (SSSR count). The van der Waals surface area contributed by atoms with Crippen molar-refractivity contribution in [2.45, 2.75) is 31.8 Å². The maximum atomic E-state index is 13.1. The smallest absolute Gasteiger partial charge is 0.238 e. The summed E-state index contributed by atoms with van der Waals surface area (Å²) in [4.78, 5) is 11.2. The number of amides is 1. The van der Waals surface area contributed by atoms with Crippen molar-refractivity contribution >= 4 is 5.91 Å². The van der Waals surface area contributed by atoms with Gasteiger partial charge in [0.25, 0.3) is 0 Å². The van der Waals surface area contributed by atoms with Crippen LogP contribution in [0.25, 0.3) is 0 Å². The van der Waals surface area contributed by atoms with E-state index in [2.05, 4.69) is 5.32 Å². The van der Waals surface area contributed by atoms with Gasteiger partial charge in [0.15, 0.2) is 0 Å². The predicted molar refractivity (Wildman–Crippen MR) is 65.8 cm³/mol. The Morgan fingerprint density at radius 3 is 2.94 bits per heavy atom. The first-order valence-corrected chi connectivity index (χ1v) is 6.00. The summed E-state index contributed by atoms with van der Waals surface area (Å²) in [6.45, 7) is 1.94. The predicted octanol–water partition coefficient (Wildman–Crippen LogP) is 1.12. The third-order valence-electron chi connectivity index (χ3n) is 2.91. The standard InChI is InChI=1S/C13H17FN2O2/c1-8-2-3-9(14)6-12(8)18-7-11(13(15)17)16-10-4-5-10/h2-3,6,10-11,16H,4-5,7H2,1H3,(H2,15,17). The van der Waals surface area contributed by atoms with Gasteiger partial charge in [-0.05, 0) is 31.4 Å². The van der Waals surface area contributed by atoms with Crippen molar-refractivity contribution in [1.82, 2.24) is 5.32 Å². The van der Waals surface area contributed by atoms with Crippen molar-refractivity contribution in [1.29, 1.82) is 0 Å². The first-order chi connectivity index (χ1) is 8.56. The summed E-state index contributed by atoms with van der Waals surface area (Å²) < 4.78 is 18.5. The lowest BCUT2D eigenvalue weighted by Gasteiger charge is -2.17. The second-order valence-electron chi connectivity index (χ2n) is 4.62. The number of nitrogens with two attached hydrogens (primary N) is 1. The number of halogens is 1. The maximum Gasteiger partial charge on any atom is 0.238 e. The van der Waals surface area contributed by atoms with Gasteiger partial charge in [0, 0.05) is 12.1 Å². The molecule has 98 valence electrons. The Morgan fingerprint density at radius 1 is 1.61 bits per heavy atom. The molecule has 5 heteroatoms. The van der Waals surface area contributed by atoms with E-state index in [4.69, 9.17) is 10.5 Å². The Morgan fingerprint density at radius 2 is 2.33 bits per heavy atom. The zero-order valence-corrected chi connectivity index (χ0v) is 10.3. The van der Waals surface area contributed by atoms with Crippen LogP contribution in [0.4, 0.5) is 4.39 Å². The number of rotatable bonds is 6. The number of primary amides is 1. The molecule has 0 aliphatic heterocycles. The molecular weight excluding hydrogens is 235 g/mol.